The summed E-state index contributed by atoms with van der Waals surface area (Å²) in [5, 5.41) is 5.78. The van der Waals surface area contributed by atoms with Crippen LogP contribution in [0.3, 0.4) is 0 Å². The monoisotopic (exact) mass is 265 g/mol. The molecule has 0 aromatic carbocycles. The van der Waals surface area contributed by atoms with Gasteiger partial charge in [-0.25, -0.2) is 0 Å². The van der Waals surface area contributed by atoms with Crippen LogP contribution < -0.4 is 10.6 Å². The van der Waals surface area contributed by atoms with Gasteiger partial charge in [0.25, 0.3) is 0 Å². The molecular weight excluding hydrogens is 246 g/mol. The summed E-state index contributed by atoms with van der Waals surface area (Å²) in [6.45, 7) is 4.89. The number of aryl methyl sites for hydroxylation is 1. The molecule has 6 nitrogen and oxygen atoms in total. The molecule has 0 radical (unpaired) electrons. The van der Waals surface area contributed by atoms with E-state index in [9.17, 15) is 9.59 Å². The average molecular weight is 265 g/mol. The zero-order chi connectivity index (χ0) is 13.7. The summed E-state index contributed by atoms with van der Waals surface area (Å²) >= 11 is 0. The second-order valence-corrected chi connectivity index (χ2v) is 4.59. The molecule has 1 fully saturated rings. The quantitative estimate of drug-likeness (QED) is 0.740. The molecule has 1 aliphatic heterocycles. The lowest BCUT2D eigenvalue weighted by Gasteiger charge is -2.18. The Morgan fingerprint density at radius 1 is 1.37 bits per heavy atom. The Morgan fingerprint density at radius 2 is 2.21 bits per heavy atom. The van der Waals surface area contributed by atoms with E-state index in [1.807, 2.05) is 13.0 Å². The first-order chi connectivity index (χ1) is 9.16. The molecule has 0 unspecified atom stereocenters. The maximum Gasteiger partial charge on any atom is 0.311 e. The maximum atomic E-state index is 11.9. The molecule has 1 aromatic heterocycles. The van der Waals surface area contributed by atoms with Crippen molar-refractivity contribution in [3.05, 3.63) is 23.7 Å². The van der Waals surface area contributed by atoms with Crippen LogP contribution in [0.2, 0.25) is 0 Å². The Labute approximate surface area is 112 Å². The molecule has 1 saturated heterocycles. The highest BCUT2D eigenvalue weighted by Crippen LogP contribution is 2.05. The SMILES string of the molecule is Cc1ccc(CNC(=O)C(=O)N2CCCNCC2)o1. The Morgan fingerprint density at radius 3 is 2.95 bits per heavy atom. The molecule has 0 saturated carbocycles. The zero-order valence-corrected chi connectivity index (χ0v) is 11.1. The zero-order valence-electron chi connectivity index (χ0n) is 11.1. The number of carbonyl (C=O) groups excluding carboxylic acids is 2. The number of carbonyl (C=O) groups is 2. The summed E-state index contributed by atoms with van der Waals surface area (Å²) in [6, 6.07) is 3.61. The van der Waals surface area contributed by atoms with E-state index in [-0.39, 0.29) is 6.54 Å². The number of rotatable bonds is 2. The second kappa shape index (κ2) is 6.38. The fourth-order valence-corrected chi connectivity index (χ4v) is 2.02. The molecular formula is C13H19N3O3. The highest BCUT2D eigenvalue weighted by molar-refractivity contribution is 6.34. The molecule has 0 atom stereocenters. The molecule has 0 bridgehead atoms. The maximum absolute atomic E-state index is 11.9. The standard InChI is InChI=1S/C13H19N3O3/c1-10-3-4-11(19-10)9-15-12(17)13(18)16-7-2-5-14-6-8-16/h3-4,14H,2,5-9H2,1H3,(H,15,17). The van der Waals surface area contributed by atoms with E-state index in [0.29, 0.717) is 18.8 Å². The van der Waals surface area contributed by atoms with Gasteiger partial charge in [-0.1, -0.05) is 0 Å². The molecule has 0 aliphatic carbocycles. The third kappa shape index (κ3) is 3.82. The van der Waals surface area contributed by atoms with Crippen molar-refractivity contribution >= 4 is 11.8 Å². The van der Waals surface area contributed by atoms with E-state index >= 15 is 0 Å². The van der Waals surface area contributed by atoms with Crippen molar-refractivity contribution in [2.45, 2.75) is 19.9 Å². The van der Waals surface area contributed by atoms with Crippen LogP contribution in [-0.4, -0.2) is 42.9 Å². The number of hydrogen-bond acceptors (Lipinski definition) is 4. The molecule has 19 heavy (non-hydrogen) atoms. The predicted molar refractivity (Wildman–Crippen MR) is 69.4 cm³/mol. The lowest BCUT2D eigenvalue weighted by molar-refractivity contribution is -0.145. The summed E-state index contributed by atoms with van der Waals surface area (Å²) in [5.41, 5.74) is 0. The first kappa shape index (κ1) is 13.6. The number of amides is 2. The first-order valence-electron chi connectivity index (χ1n) is 6.50. The Bertz CT molecular complexity index is 448. The fraction of sp³-hybridized carbons (Fsp3) is 0.538. The van der Waals surface area contributed by atoms with Crippen molar-refractivity contribution in [1.82, 2.24) is 15.5 Å². The third-order valence-corrected chi connectivity index (χ3v) is 3.04. The van der Waals surface area contributed by atoms with Gasteiger partial charge in [0.2, 0.25) is 0 Å². The summed E-state index contributed by atoms with van der Waals surface area (Å²) < 4.78 is 5.33. The molecule has 1 aliphatic rings. The van der Waals surface area contributed by atoms with Crippen molar-refractivity contribution in [3.63, 3.8) is 0 Å². The van der Waals surface area contributed by atoms with Crippen LogP contribution in [0.1, 0.15) is 17.9 Å². The second-order valence-electron chi connectivity index (χ2n) is 4.59. The normalized spacial score (nSPS) is 15.9. The van der Waals surface area contributed by atoms with Crippen LogP contribution in [-0.2, 0) is 16.1 Å². The largest absolute Gasteiger partial charge is 0.465 e. The van der Waals surface area contributed by atoms with Crippen LogP contribution in [0.15, 0.2) is 16.5 Å². The predicted octanol–water partition coefficient (Wildman–Crippen LogP) is 0.0261. The number of nitrogens with zero attached hydrogens (tertiary/aromatic N) is 1. The van der Waals surface area contributed by atoms with Gasteiger partial charge < -0.3 is 20.0 Å². The third-order valence-electron chi connectivity index (χ3n) is 3.04. The average Bonchev–Trinajstić information content (AvgIpc) is 2.67. The molecule has 2 N–H and O–H groups in total. The van der Waals surface area contributed by atoms with Crippen molar-refractivity contribution in [2.75, 3.05) is 26.2 Å². The topological polar surface area (TPSA) is 74.6 Å². The van der Waals surface area contributed by atoms with Crippen LogP contribution in [0.25, 0.3) is 0 Å². The van der Waals surface area contributed by atoms with Crippen LogP contribution in [0.5, 0.6) is 0 Å². The number of furan rings is 1. The highest BCUT2D eigenvalue weighted by atomic mass is 16.3. The minimum absolute atomic E-state index is 0.241. The van der Waals surface area contributed by atoms with E-state index < -0.39 is 11.8 Å². The van der Waals surface area contributed by atoms with Gasteiger partial charge in [-0.3, -0.25) is 9.59 Å². The fourth-order valence-electron chi connectivity index (χ4n) is 2.02. The lowest BCUT2D eigenvalue weighted by atomic mass is 10.3. The Kier molecular flexibility index (Phi) is 4.57. The molecule has 2 amide bonds. The van der Waals surface area contributed by atoms with Crippen molar-refractivity contribution in [3.8, 4) is 0 Å². The van der Waals surface area contributed by atoms with Crippen LogP contribution in [0.4, 0.5) is 0 Å². The minimum Gasteiger partial charge on any atom is -0.465 e. The smallest absolute Gasteiger partial charge is 0.311 e. The number of hydrogen-bond donors (Lipinski definition) is 2. The van der Waals surface area contributed by atoms with E-state index in [2.05, 4.69) is 10.6 Å². The first-order valence-corrected chi connectivity index (χ1v) is 6.50. The molecule has 0 spiro atoms. The summed E-state index contributed by atoms with van der Waals surface area (Å²) in [4.78, 5) is 25.3. The van der Waals surface area contributed by atoms with Crippen LogP contribution >= 0.6 is 0 Å². The van der Waals surface area contributed by atoms with E-state index in [0.717, 1.165) is 25.3 Å². The van der Waals surface area contributed by atoms with Gasteiger partial charge in [-0.05, 0) is 32.0 Å². The summed E-state index contributed by atoms with van der Waals surface area (Å²) in [5.74, 6) is 0.397. The van der Waals surface area contributed by atoms with E-state index in [4.69, 9.17) is 4.42 Å². The molecule has 2 rings (SSSR count). The molecule has 2 heterocycles. The van der Waals surface area contributed by atoms with E-state index in [1.54, 1.807) is 11.0 Å². The van der Waals surface area contributed by atoms with Crippen molar-refractivity contribution in [1.29, 1.82) is 0 Å². The summed E-state index contributed by atoms with van der Waals surface area (Å²) in [7, 11) is 0. The van der Waals surface area contributed by atoms with Crippen molar-refractivity contribution in [2.24, 2.45) is 0 Å². The van der Waals surface area contributed by atoms with Gasteiger partial charge in [-0.15, -0.1) is 0 Å². The van der Waals surface area contributed by atoms with Gasteiger partial charge in [-0.2, -0.15) is 0 Å². The Balaban J connectivity index is 1.83. The van der Waals surface area contributed by atoms with Gasteiger partial charge in [0.1, 0.15) is 11.5 Å². The van der Waals surface area contributed by atoms with Gasteiger partial charge in [0, 0.05) is 19.6 Å². The summed E-state index contributed by atoms with van der Waals surface area (Å²) in [6.07, 6.45) is 0.871. The molecule has 1 aromatic rings. The minimum atomic E-state index is -0.573. The lowest BCUT2D eigenvalue weighted by Crippen LogP contribution is -2.44. The number of nitrogens with one attached hydrogen (secondary N) is 2. The van der Waals surface area contributed by atoms with Gasteiger partial charge in [0.15, 0.2) is 0 Å². The van der Waals surface area contributed by atoms with Crippen LogP contribution in [0, 0.1) is 6.92 Å². The van der Waals surface area contributed by atoms with Crippen molar-refractivity contribution < 1.29 is 14.0 Å². The highest BCUT2D eigenvalue weighted by Gasteiger charge is 2.22. The molecule has 6 heteroatoms. The van der Waals surface area contributed by atoms with Gasteiger partial charge >= 0.3 is 11.8 Å². The van der Waals surface area contributed by atoms with Gasteiger partial charge in [0.05, 0.1) is 6.54 Å². The van der Waals surface area contributed by atoms with E-state index in [1.165, 1.54) is 0 Å². The molecule has 104 valence electrons. The Hall–Kier alpha value is -1.82.